The van der Waals surface area contributed by atoms with Crippen molar-refractivity contribution in [1.82, 2.24) is 0 Å². The number of carbonyl (C=O) groups is 1. The molecule has 0 saturated heterocycles. The third-order valence-corrected chi connectivity index (χ3v) is 10.5. The lowest BCUT2D eigenvalue weighted by atomic mass is 9.80. The monoisotopic (exact) mass is 647 g/mol. The molecule has 3 nitrogen and oxygen atoms in total. The Hall–Kier alpha value is -2.29. The lowest BCUT2D eigenvalue weighted by Gasteiger charge is -2.31. The average Bonchev–Trinajstić information content (AvgIpc) is 3.07. The molecule has 0 radical (unpaired) electrons. The maximum Gasteiger partial charge on any atom is 0.336 e. The molecule has 0 aliphatic carbocycles. The summed E-state index contributed by atoms with van der Waals surface area (Å²) in [6, 6.07) is 4.63. The summed E-state index contributed by atoms with van der Waals surface area (Å²) in [7, 11) is 0. The summed E-state index contributed by atoms with van der Waals surface area (Å²) in [6.45, 7) is 11.4. The van der Waals surface area contributed by atoms with Gasteiger partial charge in [-0.3, -0.25) is 0 Å². The van der Waals surface area contributed by atoms with Crippen LogP contribution in [0.1, 0.15) is 212 Å². The van der Waals surface area contributed by atoms with Gasteiger partial charge in [0.2, 0.25) is 0 Å². The number of fused-ring (bicyclic) bond motifs is 2. The first-order valence-corrected chi connectivity index (χ1v) is 20.3. The maximum absolute atomic E-state index is 13.3. The van der Waals surface area contributed by atoms with E-state index in [2.05, 4.69) is 46.8 Å². The summed E-state index contributed by atoms with van der Waals surface area (Å²) in [4.78, 5) is 13.3. The van der Waals surface area contributed by atoms with Crippen LogP contribution in [0.2, 0.25) is 0 Å². The summed E-state index contributed by atoms with van der Waals surface area (Å²) in [5.74, 6) is 1.23. The van der Waals surface area contributed by atoms with Gasteiger partial charge in [-0.05, 0) is 97.6 Å². The first-order chi connectivity index (χ1) is 23.0. The maximum atomic E-state index is 13.3. The van der Waals surface area contributed by atoms with Gasteiger partial charge in [0.25, 0.3) is 0 Å². The SMILES string of the molecule is CCCCCCc1ccc2c(c1CCCCCC)Oc1c(CCCCCC)c(CCCCCC)c(CCCCCC)c(C(=O)O)c1C2. The average molecular weight is 647 g/mol. The van der Waals surface area contributed by atoms with Crippen molar-refractivity contribution >= 4 is 5.97 Å². The Balaban J connectivity index is 2.17. The molecule has 1 aliphatic heterocycles. The summed E-state index contributed by atoms with van der Waals surface area (Å²) in [6.07, 6.45) is 29.9. The van der Waals surface area contributed by atoms with Crippen molar-refractivity contribution in [3.63, 3.8) is 0 Å². The van der Waals surface area contributed by atoms with E-state index in [0.29, 0.717) is 12.0 Å². The van der Waals surface area contributed by atoms with E-state index in [1.165, 1.54) is 131 Å². The number of carboxylic acid groups (broad SMARTS) is 1. The van der Waals surface area contributed by atoms with E-state index < -0.39 is 5.97 Å². The van der Waals surface area contributed by atoms with Gasteiger partial charge >= 0.3 is 5.97 Å². The Morgan fingerprint density at radius 3 is 1.47 bits per heavy atom. The molecule has 0 atom stereocenters. The Morgan fingerprint density at radius 1 is 0.532 bits per heavy atom. The highest BCUT2D eigenvalue weighted by Crippen LogP contribution is 2.47. The molecule has 0 unspecified atom stereocenters. The molecular formula is C44H70O3. The number of aromatic carboxylic acids is 1. The molecule has 1 N–H and O–H groups in total. The molecule has 264 valence electrons. The number of hydrogen-bond acceptors (Lipinski definition) is 2. The normalized spacial score (nSPS) is 12.2. The van der Waals surface area contributed by atoms with E-state index in [-0.39, 0.29) is 0 Å². The van der Waals surface area contributed by atoms with Crippen LogP contribution in [0.15, 0.2) is 12.1 Å². The number of benzene rings is 2. The minimum atomic E-state index is -0.765. The van der Waals surface area contributed by atoms with Crippen molar-refractivity contribution in [1.29, 1.82) is 0 Å². The van der Waals surface area contributed by atoms with Crippen LogP contribution in [-0.2, 0) is 38.5 Å². The van der Waals surface area contributed by atoms with Crippen LogP contribution in [0.5, 0.6) is 11.5 Å². The van der Waals surface area contributed by atoms with Crippen LogP contribution in [0, 0.1) is 0 Å². The molecule has 2 aromatic rings. The van der Waals surface area contributed by atoms with Crippen molar-refractivity contribution < 1.29 is 14.6 Å². The first kappa shape index (κ1) is 39.2. The Labute approximate surface area is 289 Å². The van der Waals surface area contributed by atoms with Gasteiger partial charge in [0, 0.05) is 12.0 Å². The Bertz CT molecular complexity index is 1210. The second-order valence-corrected chi connectivity index (χ2v) is 14.4. The van der Waals surface area contributed by atoms with E-state index in [1.807, 2.05) is 0 Å². The summed E-state index contributed by atoms with van der Waals surface area (Å²) in [5.41, 5.74) is 9.37. The van der Waals surface area contributed by atoms with Gasteiger partial charge in [-0.2, -0.15) is 0 Å². The quantitative estimate of drug-likeness (QED) is 0.0883. The molecule has 1 heterocycles. The molecule has 2 aromatic carbocycles. The van der Waals surface area contributed by atoms with E-state index >= 15 is 0 Å². The summed E-state index contributed by atoms with van der Waals surface area (Å²) in [5, 5.41) is 10.9. The lowest BCUT2D eigenvalue weighted by molar-refractivity contribution is 0.0693. The van der Waals surface area contributed by atoms with Crippen molar-refractivity contribution in [3.05, 3.63) is 56.6 Å². The standard InChI is InChI=1S/C44H70O3/c1-6-11-16-21-26-34-31-32-35-33-40-41(44(45)46)38(29-24-19-14-9-4)37(28-23-18-13-8-3)39(30-25-20-15-10-5)43(40)47-42(35)36(34)27-22-17-12-7-2/h31-32H,6-30,33H2,1-5H3,(H,45,46). The zero-order valence-corrected chi connectivity index (χ0v) is 31.3. The highest BCUT2D eigenvalue weighted by atomic mass is 16.5. The van der Waals surface area contributed by atoms with E-state index in [1.54, 1.807) is 0 Å². The molecule has 0 aromatic heterocycles. The van der Waals surface area contributed by atoms with E-state index in [4.69, 9.17) is 4.74 Å². The minimum Gasteiger partial charge on any atom is -0.478 e. The van der Waals surface area contributed by atoms with E-state index in [9.17, 15) is 9.90 Å². The van der Waals surface area contributed by atoms with Gasteiger partial charge in [-0.25, -0.2) is 4.79 Å². The minimum absolute atomic E-state index is 0.568. The fourth-order valence-corrected chi connectivity index (χ4v) is 7.78. The first-order valence-electron chi connectivity index (χ1n) is 20.3. The number of aryl methyl sites for hydroxylation is 1. The lowest BCUT2D eigenvalue weighted by Crippen LogP contribution is -2.19. The zero-order chi connectivity index (χ0) is 33.9. The molecule has 0 amide bonds. The third-order valence-electron chi connectivity index (χ3n) is 10.5. The van der Waals surface area contributed by atoms with Gasteiger partial charge in [0.15, 0.2) is 0 Å². The fraction of sp³-hybridized carbons (Fsp3) is 0.705. The van der Waals surface area contributed by atoms with Crippen LogP contribution in [0.25, 0.3) is 0 Å². The summed E-state index contributed by atoms with van der Waals surface area (Å²) >= 11 is 0. The highest BCUT2D eigenvalue weighted by Gasteiger charge is 2.32. The number of unbranched alkanes of at least 4 members (excludes halogenated alkanes) is 15. The number of rotatable bonds is 26. The molecule has 3 heteroatoms. The molecule has 0 spiro atoms. The van der Waals surface area contributed by atoms with Crippen LogP contribution in [-0.4, -0.2) is 11.1 Å². The number of carboxylic acids is 1. The second-order valence-electron chi connectivity index (χ2n) is 14.4. The molecular weight excluding hydrogens is 576 g/mol. The van der Waals surface area contributed by atoms with Gasteiger partial charge < -0.3 is 9.84 Å². The summed E-state index contributed by atoms with van der Waals surface area (Å²) < 4.78 is 7.22. The predicted molar refractivity (Wildman–Crippen MR) is 202 cm³/mol. The van der Waals surface area contributed by atoms with Crippen molar-refractivity contribution in [3.8, 4) is 11.5 Å². The van der Waals surface area contributed by atoms with Gasteiger partial charge in [0.05, 0.1) is 5.56 Å². The Morgan fingerprint density at radius 2 is 0.979 bits per heavy atom. The van der Waals surface area contributed by atoms with Gasteiger partial charge in [0.1, 0.15) is 11.5 Å². The molecule has 0 bridgehead atoms. The van der Waals surface area contributed by atoms with Crippen LogP contribution in [0.3, 0.4) is 0 Å². The molecule has 1 aliphatic rings. The van der Waals surface area contributed by atoms with Gasteiger partial charge in [-0.1, -0.05) is 143 Å². The molecule has 0 fully saturated rings. The topological polar surface area (TPSA) is 46.5 Å². The third kappa shape index (κ3) is 11.7. The highest BCUT2D eigenvalue weighted by molar-refractivity contribution is 5.94. The van der Waals surface area contributed by atoms with Crippen LogP contribution >= 0.6 is 0 Å². The number of hydrogen-bond donors (Lipinski definition) is 1. The van der Waals surface area contributed by atoms with Crippen LogP contribution in [0.4, 0.5) is 0 Å². The van der Waals surface area contributed by atoms with Crippen molar-refractivity contribution in [2.75, 3.05) is 0 Å². The predicted octanol–water partition coefficient (Wildman–Crippen LogP) is 13.7. The van der Waals surface area contributed by atoms with E-state index in [0.717, 1.165) is 80.4 Å². The molecule has 3 rings (SSSR count). The molecule has 0 saturated carbocycles. The van der Waals surface area contributed by atoms with Crippen LogP contribution < -0.4 is 4.74 Å². The van der Waals surface area contributed by atoms with Gasteiger partial charge in [-0.15, -0.1) is 0 Å². The largest absolute Gasteiger partial charge is 0.478 e. The molecule has 47 heavy (non-hydrogen) atoms. The fourth-order valence-electron chi connectivity index (χ4n) is 7.78. The van der Waals surface area contributed by atoms with Crippen molar-refractivity contribution in [2.24, 2.45) is 0 Å². The zero-order valence-electron chi connectivity index (χ0n) is 31.3. The number of ether oxygens (including phenoxy) is 1. The van der Waals surface area contributed by atoms with Crippen molar-refractivity contribution in [2.45, 2.75) is 202 Å². The Kier molecular flexibility index (Phi) is 18.6. The second kappa shape index (κ2) is 22.4. The smallest absolute Gasteiger partial charge is 0.336 e.